The summed E-state index contributed by atoms with van der Waals surface area (Å²) in [6.07, 6.45) is -0.685. The first kappa shape index (κ1) is 11.8. The predicted octanol–water partition coefficient (Wildman–Crippen LogP) is 4.04. The molecule has 1 heterocycles. The molecule has 1 aromatic heterocycles. The third-order valence-corrected chi connectivity index (χ3v) is 4.52. The average molecular weight is 301 g/mol. The van der Waals surface area contributed by atoms with Crippen molar-refractivity contribution < 1.29 is 9.50 Å². The number of aliphatic hydroxyl groups is 1. The van der Waals surface area contributed by atoms with Crippen LogP contribution < -0.4 is 0 Å². The molecule has 0 saturated heterocycles. The quantitative estimate of drug-likeness (QED) is 0.887. The van der Waals surface area contributed by atoms with Crippen molar-refractivity contribution in [1.29, 1.82) is 0 Å². The van der Waals surface area contributed by atoms with Gasteiger partial charge in [0.15, 0.2) is 0 Å². The van der Waals surface area contributed by atoms with E-state index in [1.54, 1.807) is 12.1 Å². The summed E-state index contributed by atoms with van der Waals surface area (Å²) < 4.78 is 13.8. The monoisotopic (exact) mass is 300 g/mol. The molecule has 0 saturated carbocycles. The molecule has 1 unspecified atom stereocenters. The van der Waals surface area contributed by atoms with E-state index in [-0.39, 0.29) is 5.82 Å². The number of aryl methyl sites for hydroxylation is 1. The van der Waals surface area contributed by atoms with Gasteiger partial charge in [-0.15, -0.1) is 11.3 Å². The van der Waals surface area contributed by atoms with Crippen molar-refractivity contribution in [3.63, 3.8) is 0 Å². The largest absolute Gasteiger partial charge is 0.383 e. The molecule has 1 atom stereocenters. The van der Waals surface area contributed by atoms with Crippen molar-refractivity contribution in [2.45, 2.75) is 13.0 Å². The molecule has 2 aromatic rings. The summed E-state index contributed by atoms with van der Waals surface area (Å²) in [4.78, 5) is 0.857. The van der Waals surface area contributed by atoms with E-state index in [9.17, 15) is 9.50 Å². The van der Waals surface area contributed by atoms with Crippen LogP contribution in [-0.4, -0.2) is 5.11 Å². The van der Waals surface area contributed by atoms with Gasteiger partial charge in [-0.1, -0.05) is 12.1 Å². The van der Waals surface area contributed by atoms with Gasteiger partial charge in [-0.2, -0.15) is 0 Å². The fourth-order valence-corrected chi connectivity index (χ4v) is 3.01. The Balaban J connectivity index is 2.31. The Labute approximate surface area is 106 Å². The highest BCUT2D eigenvalue weighted by atomic mass is 79.9. The number of hydrogen-bond donors (Lipinski definition) is 1. The molecule has 0 amide bonds. The standard InChI is InChI=1S/C12H10BrFOS/c1-7-6-10(16-12(7)13)11(15)8-2-4-9(14)5-3-8/h2-6,11,15H,1H3. The van der Waals surface area contributed by atoms with E-state index < -0.39 is 6.10 Å². The lowest BCUT2D eigenvalue weighted by atomic mass is 10.1. The molecule has 1 aromatic carbocycles. The number of hydrogen-bond acceptors (Lipinski definition) is 2. The zero-order chi connectivity index (χ0) is 11.7. The zero-order valence-corrected chi connectivity index (χ0v) is 11.0. The maximum Gasteiger partial charge on any atom is 0.123 e. The minimum atomic E-state index is -0.685. The van der Waals surface area contributed by atoms with Crippen LogP contribution in [0.1, 0.15) is 22.1 Å². The van der Waals surface area contributed by atoms with Crippen LogP contribution in [0.5, 0.6) is 0 Å². The van der Waals surface area contributed by atoms with Gasteiger partial charge in [0.05, 0.1) is 3.79 Å². The summed E-state index contributed by atoms with van der Waals surface area (Å²) in [5, 5.41) is 10.1. The molecular weight excluding hydrogens is 291 g/mol. The molecule has 2 rings (SSSR count). The fourth-order valence-electron chi connectivity index (χ4n) is 1.43. The van der Waals surface area contributed by atoms with Gasteiger partial charge in [-0.3, -0.25) is 0 Å². The molecular formula is C12H10BrFOS. The molecule has 1 nitrogen and oxygen atoms in total. The van der Waals surface area contributed by atoms with Crippen LogP contribution in [0, 0.1) is 12.7 Å². The molecule has 16 heavy (non-hydrogen) atoms. The molecule has 1 N–H and O–H groups in total. The van der Waals surface area contributed by atoms with Crippen LogP contribution in [0.15, 0.2) is 34.1 Å². The molecule has 0 aliphatic carbocycles. The van der Waals surface area contributed by atoms with Gasteiger partial charge in [-0.05, 0) is 52.2 Å². The molecule has 4 heteroatoms. The Morgan fingerprint density at radius 1 is 1.31 bits per heavy atom. The smallest absolute Gasteiger partial charge is 0.123 e. The molecule has 0 bridgehead atoms. The Hall–Kier alpha value is -0.710. The van der Waals surface area contributed by atoms with E-state index in [0.717, 1.165) is 14.2 Å². The highest BCUT2D eigenvalue weighted by Crippen LogP contribution is 2.34. The van der Waals surface area contributed by atoms with Gasteiger partial charge in [-0.25, -0.2) is 4.39 Å². The minimum absolute atomic E-state index is 0.292. The Kier molecular flexibility index (Phi) is 3.42. The van der Waals surface area contributed by atoms with Crippen LogP contribution in [0.25, 0.3) is 0 Å². The van der Waals surface area contributed by atoms with Gasteiger partial charge < -0.3 is 5.11 Å². The van der Waals surface area contributed by atoms with Gasteiger partial charge in [0.1, 0.15) is 11.9 Å². The van der Waals surface area contributed by atoms with Crippen LogP contribution in [0.4, 0.5) is 4.39 Å². The van der Waals surface area contributed by atoms with Crippen LogP contribution in [0.3, 0.4) is 0 Å². The zero-order valence-electron chi connectivity index (χ0n) is 8.58. The van der Waals surface area contributed by atoms with Crippen molar-refractivity contribution in [3.05, 3.63) is 55.9 Å². The van der Waals surface area contributed by atoms with Gasteiger partial charge in [0.2, 0.25) is 0 Å². The maximum absolute atomic E-state index is 12.7. The summed E-state index contributed by atoms with van der Waals surface area (Å²) in [5.74, 6) is -0.292. The lowest BCUT2D eigenvalue weighted by Gasteiger charge is -2.08. The van der Waals surface area contributed by atoms with Crippen LogP contribution in [-0.2, 0) is 0 Å². The Morgan fingerprint density at radius 3 is 2.44 bits per heavy atom. The molecule has 0 aliphatic rings. The van der Waals surface area contributed by atoms with E-state index in [0.29, 0.717) is 5.56 Å². The fraction of sp³-hybridized carbons (Fsp3) is 0.167. The number of thiophene rings is 1. The van der Waals surface area contributed by atoms with Crippen molar-refractivity contribution in [1.82, 2.24) is 0 Å². The molecule has 0 radical (unpaired) electrons. The molecule has 0 aliphatic heterocycles. The van der Waals surface area contributed by atoms with E-state index in [1.807, 2.05) is 13.0 Å². The second kappa shape index (κ2) is 4.65. The lowest BCUT2D eigenvalue weighted by molar-refractivity contribution is 0.224. The first-order valence-electron chi connectivity index (χ1n) is 4.77. The summed E-state index contributed by atoms with van der Waals surface area (Å²) in [5.41, 5.74) is 1.80. The number of rotatable bonds is 2. The Morgan fingerprint density at radius 2 is 1.94 bits per heavy atom. The highest BCUT2D eigenvalue weighted by Gasteiger charge is 2.14. The van der Waals surface area contributed by atoms with Crippen molar-refractivity contribution in [2.75, 3.05) is 0 Å². The second-order valence-corrected chi connectivity index (χ2v) is 5.96. The van der Waals surface area contributed by atoms with E-state index >= 15 is 0 Å². The summed E-state index contributed by atoms with van der Waals surface area (Å²) in [6, 6.07) is 7.84. The third-order valence-electron chi connectivity index (χ3n) is 2.33. The normalized spacial score (nSPS) is 12.8. The van der Waals surface area contributed by atoms with Crippen molar-refractivity contribution >= 4 is 27.3 Å². The van der Waals surface area contributed by atoms with Gasteiger partial charge >= 0.3 is 0 Å². The number of aliphatic hydroxyl groups excluding tert-OH is 1. The third kappa shape index (κ3) is 2.34. The van der Waals surface area contributed by atoms with E-state index in [4.69, 9.17) is 0 Å². The summed E-state index contributed by atoms with van der Waals surface area (Å²) in [7, 11) is 0. The lowest BCUT2D eigenvalue weighted by Crippen LogP contribution is -1.96. The second-order valence-electron chi connectivity index (χ2n) is 3.56. The van der Waals surface area contributed by atoms with E-state index in [2.05, 4.69) is 15.9 Å². The SMILES string of the molecule is Cc1cc(C(O)c2ccc(F)cc2)sc1Br. The number of benzene rings is 1. The van der Waals surface area contributed by atoms with Gasteiger partial charge in [0.25, 0.3) is 0 Å². The van der Waals surface area contributed by atoms with Crippen LogP contribution >= 0.6 is 27.3 Å². The maximum atomic E-state index is 12.7. The van der Waals surface area contributed by atoms with E-state index in [1.165, 1.54) is 23.5 Å². The van der Waals surface area contributed by atoms with Gasteiger partial charge in [0, 0.05) is 4.88 Å². The molecule has 0 fully saturated rings. The average Bonchev–Trinajstić information content (AvgIpc) is 2.59. The van der Waals surface area contributed by atoms with Crippen LogP contribution in [0.2, 0.25) is 0 Å². The summed E-state index contributed by atoms with van der Waals surface area (Å²) in [6.45, 7) is 1.97. The first-order chi connectivity index (χ1) is 7.58. The van der Waals surface area contributed by atoms with Crippen molar-refractivity contribution in [2.24, 2.45) is 0 Å². The summed E-state index contributed by atoms with van der Waals surface area (Å²) >= 11 is 4.91. The Bertz CT molecular complexity index is 473. The van der Waals surface area contributed by atoms with Crippen molar-refractivity contribution in [3.8, 4) is 0 Å². The minimum Gasteiger partial charge on any atom is -0.383 e. The molecule has 84 valence electrons. The molecule has 0 spiro atoms. The topological polar surface area (TPSA) is 20.2 Å². The first-order valence-corrected chi connectivity index (χ1v) is 6.38. The predicted molar refractivity (Wildman–Crippen MR) is 67.2 cm³/mol. The number of halogens is 2. The highest BCUT2D eigenvalue weighted by molar-refractivity contribution is 9.11.